The summed E-state index contributed by atoms with van der Waals surface area (Å²) in [7, 11) is 0. The van der Waals surface area contributed by atoms with E-state index in [1.807, 2.05) is 60.7 Å². The molecule has 0 radical (unpaired) electrons. The molecule has 26 heavy (non-hydrogen) atoms. The van der Waals surface area contributed by atoms with Crippen LogP contribution in [0.2, 0.25) is 0 Å². The quantitative estimate of drug-likeness (QED) is 0.829. The Morgan fingerprint density at radius 1 is 1.00 bits per heavy atom. The second-order valence-corrected chi connectivity index (χ2v) is 7.57. The molecular formula is C22H29N2O2+. The van der Waals surface area contributed by atoms with Crippen LogP contribution in [0.15, 0.2) is 60.7 Å². The molecular weight excluding hydrogens is 324 g/mol. The third-order valence-corrected chi connectivity index (χ3v) is 5.29. The Balaban J connectivity index is 1.74. The van der Waals surface area contributed by atoms with Gasteiger partial charge in [0.05, 0.1) is 25.7 Å². The zero-order chi connectivity index (χ0) is 18.4. The lowest BCUT2D eigenvalue weighted by Crippen LogP contribution is -3.22. The van der Waals surface area contributed by atoms with Crippen LogP contribution in [0.4, 0.5) is 0 Å². The monoisotopic (exact) mass is 353 g/mol. The SMILES string of the molecule is CC(C)(CNC(=O)C(c1ccccc1)c1ccccc1)[NH+]1CCOCC1. The zero-order valence-corrected chi connectivity index (χ0v) is 15.7. The normalized spacial score (nSPS) is 15.8. The molecule has 2 N–H and O–H groups in total. The molecule has 0 spiro atoms. The van der Waals surface area contributed by atoms with Crippen LogP contribution in [0.3, 0.4) is 0 Å². The van der Waals surface area contributed by atoms with E-state index in [9.17, 15) is 4.79 Å². The fraction of sp³-hybridized carbons (Fsp3) is 0.409. The topological polar surface area (TPSA) is 42.8 Å². The zero-order valence-electron chi connectivity index (χ0n) is 15.7. The van der Waals surface area contributed by atoms with Gasteiger partial charge < -0.3 is 15.0 Å². The summed E-state index contributed by atoms with van der Waals surface area (Å²) in [4.78, 5) is 14.6. The molecule has 0 atom stereocenters. The average molecular weight is 353 g/mol. The molecule has 4 heteroatoms. The third kappa shape index (κ3) is 4.51. The van der Waals surface area contributed by atoms with E-state index in [1.165, 1.54) is 4.90 Å². The van der Waals surface area contributed by atoms with Crippen LogP contribution in [0, 0.1) is 0 Å². The van der Waals surface area contributed by atoms with Crippen molar-refractivity contribution in [2.75, 3.05) is 32.8 Å². The number of hydrogen-bond donors (Lipinski definition) is 2. The first-order valence-corrected chi connectivity index (χ1v) is 9.38. The minimum Gasteiger partial charge on any atom is -0.370 e. The first-order valence-electron chi connectivity index (χ1n) is 9.38. The molecule has 1 aliphatic heterocycles. The van der Waals surface area contributed by atoms with E-state index in [1.54, 1.807) is 0 Å². The van der Waals surface area contributed by atoms with Crippen molar-refractivity contribution >= 4 is 5.91 Å². The summed E-state index contributed by atoms with van der Waals surface area (Å²) in [5, 5.41) is 3.22. The van der Waals surface area contributed by atoms with E-state index in [4.69, 9.17) is 4.74 Å². The molecule has 138 valence electrons. The van der Waals surface area contributed by atoms with Crippen molar-refractivity contribution < 1.29 is 14.4 Å². The van der Waals surface area contributed by atoms with Crippen LogP contribution >= 0.6 is 0 Å². The summed E-state index contributed by atoms with van der Waals surface area (Å²) in [6.45, 7) is 8.65. The molecule has 1 heterocycles. The molecule has 0 aromatic heterocycles. The predicted molar refractivity (Wildman–Crippen MR) is 103 cm³/mol. The number of benzene rings is 2. The van der Waals surface area contributed by atoms with Gasteiger partial charge in [0.1, 0.15) is 18.6 Å². The van der Waals surface area contributed by atoms with Gasteiger partial charge in [-0.1, -0.05) is 60.7 Å². The van der Waals surface area contributed by atoms with Crippen LogP contribution < -0.4 is 10.2 Å². The number of ether oxygens (including phenoxy) is 1. The highest BCUT2D eigenvalue weighted by Crippen LogP contribution is 2.24. The van der Waals surface area contributed by atoms with Gasteiger partial charge in [-0.3, -0.25) is 4.79 Å². The van der Waals surface area contributed by atoms with E-state index in [-0.39, 0.29) is 17.4 Å². The lowest BCUT2D eigenvalue weighted by molar-refractivity contribution is -0.954. The Hall–Kier alpha value is -2.17. The lowest BCUT2D eigenvalue weighted by atomic mass is 9.90. The van der Waals surface area contributed by atoms with Gasteiger partial charge in [-0.25, -0.2) is 0 Å². The van der Waals surface area contributed by atoms with E-state index in [2.05, 4.69) is 19.2 Å². The highest BCUT2D eigenvalue weighted by Gasteiger charge is 2.33. The van der Waals surface area contributed by atoms with Gasteiger partial charge >= 0.3 is 0 Å². The fourth-order valence-electron chi connectivity index (χ4n) is 3.62. The van der Waals surface area contributed by atoms with Crippen LogP contribution in [0.25, 0.3) is 0 Å². The Morgan fingerprint density at radius 2 is 1.50 bits per heavy atom. The minimum absolute atomic E-state index is 0.0165. The van der Waals surface area contributed by atoms with Gasteiger partial charge in [-0.2, -0.15) is 0 Å². The molecule has 4 nitrogen and oxygen atoms in total. The largest absolute Gasteiger partial charge is 0.370 e. The first kappa shape index (κ1) is 18.6. The third-order valence-electron chi connectivity index (χ3n) is 5.29. The van der Waals surface area contributed by atoms with E-state index < -0.39 is 0 Å². The van der Waals surface area contributed by atoms with Crippen molar-refractivity contribution in [2.24, 2.45) is 0 Å². The minimum atomic E-state index is -0.284. The summed E-state index contributed by atoms with van der Waals surface area (Å²) in [6, 6.07) is 20.0. The number of quaternary nitrogens is 1. The Labute approximate surface area is 156 Å². The maximum Gasteiger partial charge on any atom is 0.232 e. The van der Waals surface area contributed by atoms with E-state index in [0.29, 0.717) is 6.54 Å². The Morgan fingerprint density at radius 3 is 2.00 bits per heavy atom. The summed E-state index contributed by atoms with van der Waals surface area (Å²) in [5.74, 6) is -0.226. The van der Waals surface area contributed by atoms with E-state index in [0.717, 1.165) is 37.4 Å². The van der Waals surface area contributed by atoms with Crippen LogP contribution in [-0.2, 0) is 9.53 Å². The van der Waals surface area contributed by atoms with Crippen molar-refractivity contribution in [3.63, 3.8) is 0 Å². The fourth-order valence-corrected chi connectivity index (χ4v) is 3.62. The number of amides is 1. The van der Waals surface area contributed by atoms with E-state index >= 15 is 0 Å². The van der Waals surface area contributed by atoms with Crippen LogP contribution in [0.5, 0.6) is 0 Å². The molecule has 0 bridgehead atoms. The van der Waals surface area contributed by atoms with Gasteiger partial charge in [-0.05, 0) is 25.0 Å². The molecule has 1 saturated heterocycles. The maximum absolute atomic E-state index is 13.1. The molecule has 0 saturated carbocycles. The number of rotatable bonds is 6. The number of hydrogen-bond acceptors (Lipinski definition) is 2. The molecule has 1 fully saturated rings. The lowest BCUT2D eigenvalue weighted by Gasteiger charge is -2.38. The molecule has 1 amide bonds. The first-order chi connectivity index (χ1) is 12.6. The Kier molecular flexibility index (Phi) is 6.07. The van der Waals surface area contributed by atoms with Gasteiger partial charge in [0.15, 0.2) is 0 Å². The van der Waals surface area contributed by atoms with Gasteiger partial charge in [-0.15, -0.1) is 0 Å². The molecule has 0 aliphatic carbocycles. The predicted octanol–water partition coefficient (Wildman–Crippen LogP) is 1.63. The van der Waals surface area contributed by atoms with Gasteiger partial charge in [0.2, 0.25) is 5.91 Å². The summed E-state index contributed by atoms with van der Waals surface area (Å²) < 4.78 is 5.47. The summed E-state index contributed by atoms with van der Waals surface area (Å²) >= 11 is 0. The van der Waals surface area contributed by atoms with Gasteiger partial charge in [0, 0.05) is 0 Å². The molecule has 1 aliphatic rings. The van der Waals surface area contributed by atoms with Gasteiger partial charge in [0.25, 0.3) is 0 Å². The molecule has 0 unspecified atom stereocenters. The number of morpholine rings is 1. The highest BCUT2D eigenvalue weighted by molar-refractivity contribution is 5.87. The number of carbonyl (C=O) groups excluding carboxylic acids is 1. The van der Waals surface area contributed by atoms with Crippen molar-refractivity contribution in [1.82, 2.24) is 5.32 Å². The maximum atomic E-state index is 13.1. The smallest absolute Gasteiger partial charge is 0.232 e. The summed E-state index contributed by atoms with van der Waals surface area (Å²) in [5.41, 5.74) is 2.03. The van der Waals surface area contributed by atoms with Crippen LogP contribution in [-0.4, -0.2) is 44.3 Å². The standard InChI is InChI=1S/C22H28N2O2/c1-22(2,24-13-15-26-16-14-24)17-23-21(25)20(18-9-5-3-6-10-18)19-11-7-4-8-12-19/h3-12,20H,13-17H2,1-2H3,(H,23,25)/p+1. The average Bonchev–Trinajstić information content (AvgIpc) is 2.69. The second kappa shape index (κ2) is 8.47. The molecule has 2 aromatic carbocycles. The number of nitrogens with one attached hydrogen (secondary N) is 2. The summed E-state index contributed by atoms with van der Waals surface area (Å²) in [6.07, 6.45) is 0. The van der Waals surface area contributed by atoms with Crippen LogP contribution in [0.1, 0.15) is 30.9 Å². The Bertz CT molecular complexity index is 655. The number of carbonyl (C=O) groups is 1. The second-order valence-electron chi connectivity index (χ2n) is 7.57. The van der Waals surface area contributed by atoms with Crippen molar-refractivity contribution in [2.45, 2.75) is 25.3 Å². The molecule has 3 rings (SSSR count). The van der Waals surface area contributed by atoms with Crippen molar-refractivity contribution in [3.8, 4) is 0 Å². The van der Waals surface area contributed by atoms with Crippen molar-refractivity contribution in [3.05, 3.63) is 71.8 Å². The highest BCUT2D eigenvalue weighted by atomic mass is 16.5. The van der Waals surface area contributed by atoms with Crippen molar-refractivity contribution in [1.29, 1.82) is 0 Å². The molecule has 2 aromatic rings.